The third kappa shape index (κ3) is 4.11. The second kappa shape index (κ2) is 7.97. The lowest BCUT2D eigenvalue weighted by Gasteiger charge is -2.22. The maximum Gasteiger partial charge on any atom is 0.271 e. The van der Waals surface area contributed by atoms with Crippen LogP contribution in [0.3, 0.4) is 0 Å². The van der Waals surface area contributed by atoms with E-state index in [1.165, 1.54) is 18.2 Å². The van der Waals surface area contributed by atoms with Gasteiger partial charge in [0, 0.05) is 28.8 Å². The van der Waals surface area contributed by atoms with E-state index in [0.29, 0.717) is 11.8 Å². The summed E-state index contributed by atoms with van der Waals surface area (Å²) in [6.07, 6.45) is 0.878. The van der Waals surface area contributed by atoms with Gasteiger partial charge in [0.1, 0.15) is 5.75 Å². The van der Waals surface area contributed by atoms with Crippen molar-refractivity contribution in [2.75, 3.05) is 18.1 Å². The number of carbonyl (C=O) groups is 1. The predicted octanol–water partition coefficient (Wildman–Crippen LogP) is 4.54. The molecule has 3 rings (SSSR count). The molecule has 1 heterocycles. The molecule has 0 aliphatic carbocycles. The minimum Gasteiger partial charge on any atom is -0.482 e. The Morgan fingerprint density at radius 2 is 2.15 bits per heavy atom. The molecular weight excluding hydrogens is 376 g/mol. The van der Waals surface area contributed by atoms with Gasteiger partial charge < -0.3 is 9.64 Å². The van der Waals surface area contributed by atoms with Gasteiger partial charge in [-0.05, 0) is 24.6 Å². The number of para-hydroxylation sites is 1. The topological polar surface area (TPSA) is 72.7 Å². The van der Waals surface area contributed by atoms with Gasteiger partial charge in [-0.25, -0.2) is 0 Å². The van der Waals surface area contributed by atoms with Gasteiger partial charge in [-0.15, -0.1) is 11.8 Å². The summed E-state index contributed by atoms with van der Waals surface area (Å²) in [5, 5.41) is 11.3. The van der Waals surface area contributed by atoms with Crippen LogP contribution in [0.4, 0.5) is 11.4 Å². The number of non-ortho nitro benzene ring substituents is 1. The Bertz CT molecular complexity index is 846. The molecule has 0 saturated carbocycles. The average Bonchev–Trinajstić information content (AvgIpc) is 2.78. The summed E-state index contributed by atoms with van der Waals surface area (Å²) < 4.78 is 5.52. The molecule has 1 aliphatic rings. The molecule has 2 aromatic carbocycles. The standard InChI is InChI=1S/C18H17ClN2O4S/c1-12-8-9-20(15-4-2-3-5-17(15)26-12)18(22)11-25-16-7-6-13(21(23)24)10-14(16)19/h2-7,10,12H,8-9,11H2,1H3. The van der Waals surface area contributed by atoms with E-state index in [1.54, 1.807) is 16.7 Å². The summed E-state index contributed by atoms with van der Waals surface area (Å²) in [6, 6.07) is 11.7. The maximum atomic E-state index is 12.7. The fraction of sp³-hybridized carbons (Fsp3) is 0.278. The number of carbonyl (C=O) groups excluding carboxylic acids is 1. The maximum absolute atomic E-state index is 12.7. The van der Waals surface area contributed by atoms with Crippen molar-refractivity contribution in [2.24, 2.45) is 0 Å². The van der Waals surface area contributed by atoms with Crippen molar-refractivity contribution in [2.45, 2.75) is 23.5 Å². The molecule has 0 radical (unpaired) electrons. The van der Waals surface area contributed by atoms with Crippen LogP contribution in [-0.2, 0) is 4.79 Å². The molecule has 1 aliphatic heterocycles. The molecule has 1 amide bonds. The Kier molecular flexibility index (Phi) is 5.68. The van der Waals surface area contributed by atoms with Gasteiger partial charge in [0.2, 0.25) is 0 Å². The average molecular weight is 393 g/mol. The number of fused-ring (bicyclic) bond motifs is 1. The van der Waals surface area contributed by atoms with Gasteiger partial charge in [0.25, 0.3) is 11.6 Å². The van der Waals surface area contributed by atoms with Gasteiger partial charge in [-0.3, -0.25) is 14.9 Å². The fourth-order valence-corrected chi connectivity index (χ4v) is 4.03. The van der Waals surface area contributed by atoms with Crippen LogP contribution in [0.5, 0.6) is 5.75 Å². The molecule has 1 unspecified atom stereocenters. The number of halogens is 1. The zero-order valence-corrected chi connectivity index (χ0v) is 15.6. The van der Waals surface area contributed by atoms with Crippen molar-refractivity contribution in [3.05, 3.63) is 57.6 Å². The molecule has 1 atom stereocenters. The summed E-state index contributed by atoms with van der Waals surface area (Å²) in [5.74, 6) is 0.0676. The van der Waals surface area contributed by atoms with Gasteiger partial charge in [0.15, 0.2) is 6.61 Å². The van der Waals surface area contributed by atoms with Crippen LogP contribution in [0.25, 0.3) is 0 Å². The molecule has 0 fully saturated rings. The second-order valence-corrected chi connectivity index (χ2v) is 7.78. The highest BCUT2D eigenvalue weighted by atomic mass is 35.5. The molecule has 2 aromatic rings. The SMILES string of the molecule is CC1CCN(C(=O)COc2ccc([N+](=O)[O-])cc2Cl)c2ccccc2S1. The summed E-state index contributed by atoms with van der Waals surface area (Å²) >= 11 is 7.77. The Morgan fingerprint density at radius 3 is 2.88 bits per heavy atom. The highest BCUT2D eigenvalue weighted by molar-refractivity contribution is 8.00. The van der Waals surface area contributed by atoms with Crippen LogP contribution < -0.4 is 9.64 Å². The van der Waals surface area contributed by atoms with Crippen molar-refractivity contribution in [3.8, 4) is 5.75 Å². The number of thioether (sulfide) groups is 1. The van der Waals surface area contributed by atoms with E-state index in [-0.39, 0.29) is 29.0 Å². The largest absolute Gasteiger partial charge is 0.482 e. The number of hydrogen-bond donors (Lipinski definition) is 0. The van der Waals surface area contributed by atoms with Crippen molar-refractivity contribution >= 4 is 40.6 Å². The highest BCUT2D eigenvalue weighted by Gasteiger charge is 2.24. The molecule has 0 N–H and O–H groups in total. The third-order valence-corrected chi connectivity index (χ3v) is 5.55. The smallest absolute Gasteiger partial charge is 0.271 e. The summed E-state index contributed by atoms with van der Waals surface area (Å²) in [4.78, 5) is 25.7. The predicted molar refractivity (Wildman–Crippen MR) is 102 cm³/mol. The van der Waals surface area contributed by atoms with Crippen LogP contribution in [0, 0.1) is 10.1 Å². The van der Waals surface area contributed by atoms with E-state index in [9.17, 15) is 14.9 Å². The molecule has 0 spiro atoms. The minimum atomic E-state index is -0.534. The van der Waals surface area contributed by atoms with Crippen molar-refractivity contribution < 1.29 is 14.5 Å². The third-order valence-electron chi connectivity index (χ3n) is 4.02. The molecule has 8 heteroatoms. The number of rotatable bonds is 4. The van der Waals surface area contributed by atoms with Crippen molar-refractivity contribution in [3.63, 3.8) is 0 Å². The Hall–Kier alpha value is -2.25. The zero-order valence-electron chi connectivity index (χ0n) is 14.1. The number of amides is 1. The Morgan fingerprint density at radius 1 is 1.38 bits per heavy atom. The van der Waals surface area contributed by atoms with Crippen molar-refractivity contribution in [1.29, 1.82) is 0 Å². The lowest BCUT2D eigenvalue weighted by molar-refractivity contribution is -0.384. The van der Waals surface area contributed by atoms with Gasteiger partial charge in [0.05, 0.1) is 15.6 Å². The molecule has 0 bridgehead atoms. The number of hydrogen-bond acceptors (Lipinski definition) is 5. The van der Waals surface area contributed by atoms with Crippen LogP contribution >= 0.6 is 23.4 Å². The lowest BCUT2D eigenvalue weighted by Crippen LogP contribution is -2.36. The number of nitro benzene ring substituents is 1. The first-order valence-electron chi connectivity index (χ1n) is 8.08. The number of benzene rings is 2. The summed E-state index contributed by atoms with van der Waals surface area (Å²) in [5.41, 5.74) is 0.756. The molecular formula is C18H17ClN2O4S. The number of nitro groups is 1. The zero-order chi connectivity index (χ0) is 18.7. The normalized spacial score (nSPS) is 16.5. The van der Waals surface area contributed by atoms with E-state index >= 15 is 0 Å². The first kappa shape index (κ1) is 18.5. The molecule has 6 nitrogen and oxygen atoms in total. The van der Waals surface area contributed by atoms with E-state index < -0.39 is 4.92 Å². The van der Waals surface area contributed by atoms with Crippen LogP contribution in [0.15, 0.2) is 47.4 Å². The monoisotopic (exact) mass is 392 g/mol. The highest BCUT2D eigenvalue weighted by Crippen LogP contribution is 2.37. The van der Waals surface area contributed by atoms with Crippen LogP contribution in [-0.4, -0.2) is 29.2 Å². The number of ether oxygens (including phenoxy) is 1. The quantitative estimate of drug-likeness (QED) is 0.564. The summed E-state index contributed by atoms with van der Waals surface area (Å²) in [7, 11) is 0. The van der Waals surface area contributed by atoms with E-state index in [2.05, 4.69) is 6.92 Å². The Balaban J connectivity index is 1.73. The molecule has 136 valence electrons. The van der Waals surface area contributed by atoms with Crippen molar-refractivity contribution in [1.82, 2.24) is 0 Å². The first-order chi connectivity index (χ1) is 12.5. The number of anilines is 1. The molecule has 26 heavy (non-hydrogen) atoms. The van der Waals surface area contributed by atoms with E-state index in [1.807, 2.05) is 24.3 Å². The number of nitrogens with zero attached hydrogens (tertiary/aromatic N) is 2. The van der Waals surface area contributed by atoms with E-state index in [0.717, 1.165) is 17.0 Å². The van der Waals surface area contributed by atoms with Crippen LogP contribution in [0.2, 0.25) is 5.02 Å². The fourth-order valence-electron chi connectivity index (χ4n) is 2.68. The summed E-state index contributed by atoms with van der Waals surface area (Å²) in [6.45, 7) is 2.56. The second-order valence-electron chi connectivity index (χ2n) is 5.89. The minimum absolute atomic E-state index is 0.104. The van der Waals surface area contributed by atoms with E-state index in [4.69, 9.17) is 16.3 Å². The molecule has 0 aromatic heterocycles. The lowest BCUT2D eigenvalue weighted by atomic mass is 10.2. The van der Waals surface area contributed by atoms with Gasteiger partial charge in [-0.2, -0.15) is 0 Å². The Labute approximate surface area is 160 Å². The van der Waals surface area contributed by atoms with Crippen LogP contribution in [0.1, 0.15) is 13.3 Å². The molecule has 0 saturated heterocycles. The van der Waals surface area contributed by atoms with Gasteiger partial charge >= 0.3 is 0 Å². The first-order valence-corrected chi connectivity index (χ1v) is 9.34. The van der Waals surface area contributed by atoms with Gasteiger partial charge in [-0.1, -0.05) is 30.7 Å².